The van der Waals surface area contributed by atoms with E-state index < -0.39 is 0 Å². The standard InChI is InChI=1S/C12H21N3O/c1-10(8-13)15(2)9-12(16)14-11-6-4-3-5-7-11/h10-11H,3-7,9H2,1-2H3,(H,14,16). The quantitative estimate of drug-likeness (QED) is 0.781. The molecule has 1 saturated carbocycles. The second-order valence-corrected chi connectivity index (χ2v) is 4.62. The Bertz CT molecular complexity index is 266. The van der Waals surface area contributed by atoms with E-state index in [-0.39, 0.29) is 11.9 Å². The molecule has 1 aliphatic carbocycles. The van der Waals surface area contributed by atoms with Crippen molar-refractivity contribution in [3.05, 3.63) is 0 Å². The number of likely N-dealkylation sites (N-methyl/N-ethyl adjacent to an activating group) is 1. The van der Waals surface area contributed by atoms with E-state index in [9.17, 15) is 4.79 Å². The minimum absolute atomic E-state index is 0.0384. The van der Waals surface area contributed by atoms with Crippen molar-refractivity contribution in [1.82, 2.24) is 10.2 Å². The zero-order chi connectivity index (χ0) is 12.0. The molecule has 90 valence electrons. The second-order valence-electron chi connectivity index (χ2n) is 4.62. The lowest BCUT2D eigenvalue weighted by Gasteiger charge is -2.25. The molecular weight excluding hydrogens is 202 g/mol. The Morgan fingerprint density at radius 3 is 2.69 bits per heavy atom. The number of carbonyl (C=O) groups is 1. The normalized spacial score (nSPS) is 19.1. The van der Waals surface area contributed by atoms with Gasteiger partial charge < -0.3 is 5.32 Å². The highest BCUT2D eigenvalue weighted by atomic mass is 16.2. The Morgan fingerprint density at radius 1 is 1.50 bits per heavy atom. The highest BCUT2D eigenvalue weighted by Crippen LogP contribution is 2.17. The van der Waals surface area contributed by atoms with Gasteiger partial charge in [0, 0.05) is 6.04 Å². The van der Waals surface area contributed by atoms with Crippen molar-refractivity contribution in [1.29, 1.82) is 5.26 Å². The maximum Gasteiger partial charge on any atom is 0.234 e. The Kier molecular flexibility index (Phi) is 5.27. The van der Waals surface area contributed by atoms with Crippen LogP contribution in [0.1, 0.15) is 39.0 Å². The SMILES string of the molecule is CC(C#N)N(C)CC(=O)NC1CCCCC1. The van der Waals surface area contributed by atoms with E-state index in [0.29, 0.717) is 12.6 Å². The first-order valence-corrected chi connectivity index (χ1v) is 6.02. The molecule has 1 fully saturated rings. The molecule has 1 N–H and O–H groups in total. The van der Waals surface area contributed by atoms with Crippen molar-refractivity contribution in [3.8, 4) is 6.07 Å². The molecule has 1 amide bonds. The van der Waals surface area contributed by atoms with Gasteiger partial charge in [-0.15, -0.1) is 0 Å². The highest BCUT2D eigenvalue weighted by molar-refractivity contribution is 5.78. The Labute approximate surface area is 97.6 Å². The zero-order valence-corrected chi connectivity index (χ0v) is 10.2. The van der Waals surface area contributed by atoms with Crippen molar-refractivity contribution >= 4 is 5.91 Å². The number of rotatable bonds is 4. The van der Waals surface area contributed by atoms with E-state index in [0.717, 1.165) is 12.8 Å². The molecule has 0 aromatic carbocycles. The maximum absolute atomic E-state index is 11.7. The molecular formula is C12H21N3O. The minimum Gasteiger partial charge on any atom is -0.352 e. The lowest BCUT2D eigenvalue weighted by atomic mass is 9.95. The molecule has 0 radical (unpaired) electrons. The van der Waals surface area contributed by atoms with Crippen LogP contribution in [0.2, 0.25) is 0 Å². The van der Waals surface area contributed by atoms with E-state index in [1.54, 1.807) is 18.9 Å². The molecule has 0 aromatic rings. The molecule has 4 nitrogen and oxygen atoms in total. The summed E-state index contributed by atoms with van der Waals surface area (Å²) in [7, 11) is 1.80. The van der Waals surface area contributed by atoms with E-state index in [1.165, 1.54) is 19.3 Å². The van der Waals surface area contributed by atoms with Crippen LogP contribution in [0.3, 0.4) is 0 Å². The fraction of sp³-hybridized carbons (Fsp3) is 0.833. The number of nitrogens with one attached hydrogen (secondary N) is 1. The summed E-state index contributed by atoms with van der Waals surface area (Å²) in [5, 5.41) is 11.8. The molecule has 1 atom stereocenters. The van der Waals surface area contributed by atoms with Gasteiger partial charge in [0.05, 0.1) is 18.7 Å². The molecule has 0 aromatic heterocycles. The molecule has 1 rings (SSSR count). The maximum atomic E-state index is 11.7. The first-order chi connectivity index (χ1) is 7.63. The fourth-order valence-corrected chi connectivity index (χ4v) is 1.98. The summed E-state index contributed by atoms with van der Waals surface area (Å²) in [6.07, 6.45) is 5.93. The van der Waals surface area contributed by atoms with Gasteiger partial charge in [0.1, 0.15) is 0 Å². The first kappa shape index (κ1) is 13.0. The van der Waals surface area contributed by atoms with Gasteiger partial charge in [0.2, 0.25) is 5.91 Å². The van der Waals surface area contributed by atoms with E-state index in [2.05, 4.69) is 11.4 Å². The third-order valence-corrected chi connectivity index (χ3v) is 3.21. The largest absolute Gasteiger partial charge is 0.352 e. The van der Waals surface area contributed by atoms with Crippen molar-refractivity contribution < 1.29 is 4.79 Å². The summed E-state index contributed by atoms with van der Waals surface area (Å²) < 4.78 is 0. The van der Waals surface area contributed by atoms with Crippen molar-refractivity contribution in [3.63, 3.8) is 0 Å². The van der Waals surface area contributed by atoms with E-state index in [4.69, 9.17) is 5.26 Å². The molecule has 0 saturated heterocycles. The van der Waals surface area contributed by atoms with E-state index in [1.807, 2.05) is 0 Å². The van der Waals surface area contributed by atoms with Gasteiger partial charge in [-0.05, 0) is 26.8 Å². The molecule has 0 aliphatic heterocycles. The van der Waals surface area contributed by atoms with Crippen LogP contribution in [0.4, 0.5) is 0 Å². The number of nitrogens with zero attached hydrogens (tertiary/aromatic N) is 2. The minimum atomic E-state index is -0.211. The topological polar surface area (TPSA) is 56.1 Å². The number of carbonyl (C=O) groups excluding carboxylic acids is 1. The van der Waals surface area contributed by atoms with Gasteiger partial charge >= 0.3 is 0 Å². The van der Waals surface area contributed by atoms with Crippen molar-refractivity contribution in [2.24, 2.45) is 0 Å². The van der Waals surface area contributed by atoms with Gasteiger partial charge in [-0.25, -0.2) is 0 Å². The number of nitriles is 1. The van der Waals surface area contributed by atoms with Crippen LogP contribution in [0.15, 0.2) is 0 Å². The van der Waals surface area contributed by atoms with Crippen LogP contribution >= 0.6 is 0 Å². The molecule has 16 heavy (non-hydrogen) atoms. The molecule has 0 spiro atoms. The lowest BCUT2D eigenvalue weighted by molar-refractivity contribution is -0.123. The number of hydrogen-bond acceptors (Lipinski definition) is 3. The third-order valence-electron chi connectivity index (χ3n) is 3.21. The van der Waals surface area contributed by atoms with Gasteiger partial charge in [-0.2, -0.15) is 5.26 Å². The molecule has 4 heteroatoms. The summed E-state index contributed by atoms with van der Waals surface area (Å²) >= 11 is 0. The predicted octanol–water partition coefficient (Wildman–Crippen LogP) is 1.28. The van der Waals surface area contributed by atoms with Gasteiger partial charge in [0.25, 0.3) is 0 Å². The molecule has 0 heterocycles. The molecule has 1 unspecified atom stereocenters. The van der Waals surface area contributed by atoms with Gasteiger partial charge in [-0.1, -0.05) is 19.3 Å². The summed E-state index contributed by atoms with van der Waals surface area (Å²) in [4.78, 5) is 13.4. The van der Waals surface area contributed by atoms with Gasteiger partial charge in [-0.3, -0.25) is 9.69 Å². The monoisotopic (exact) mass is 223 g/mol. The summed E-state index contributed by atoms with van der Waals surface area (Å²) in [5.41, 5.74) is 0. The average Bonchev–Trinajstić information content (AvgIpc) is 2.29. The van der Waals surface area contributed by atoms with E-state index >= 15 is 0 Å². The Balaban J connectivity index is 2.27. The zero-order valence-electron chi connectivity index (χ0n) is 10.2. The van der Waals surface area contributed by atoms with Crippen LogP contribution in [0, 0.1) is 11.3 Å². The number of hydrogen-bond donors (Lipinski definition) is 1. The van der Waals surface area contributed by atoms with Crippen molar-refractivity contribution in [2.45, 2.75) is 51.1 Å². The lowest BCUT2D eigenvalue weighted by Crippen LogP contribution is -2.43. The van der Waals surface area contributed by atoms with Crippen LogP contribution < -0.4 is 5.32 Å². The summed E-state index contributed by atoms with van der Waals surface area (Å²) in [5.74, 6) is 0.0384. The Morgan fingerprint density at radius 2 is 2.12 bits per heavy atom. The highest BCUT2D eigenvalue weighted by Gasteiger charge is 2.17. The number of amides is 1. The summed E-state index contributed by atoms with van der Waals surface area (Å²) in [6.45, 7) is 2.11. The third kappa shape index (κ3) is 4.19. The first-order valence-electron chi connectivity index (χ1n) is 6.02. The Hall–Kier alpha value is -1.08. The molecule has 1 aliphatic rings. The van der Waals surface area contributed by atoms with Crippen LogP contribution in [0.25, 0.3) is 0 Å². The summed E-state index contributed by atoms with van der Waals surface area (Å²) in [6, 6.07) is 2.26. The average molecular weight is 223 g/mol. The van der Waals surface area contributed by atoms with Gasteiger partial charge in [0.15, 0.2) is 0 Å². The van der Waals surface area contributed by atoms with Crippen LogP contribution in [0.5, 0.6) is 0 Å². The van der Waals surface area contributed by atoms with Crippen LogP contribution in [-0.4, -0.2) is 36.5 Å². The predicted molar refractivity (Wildman–Crippen MR) is 62.7 cm³/mol. The van der Waals surface area contributed by atoms with Crippen LogP contribution in [-0.2, 0) is 4.79 Å². The molecule has 0 bridgehead atoms. The smallest absolute Gasteiger partial charge is 0.234 e. The second kappa shape index (κ2) is 6.49. The van der Waals surface area contributed by atoms with Crippen molar-refractivity contribution in [2.75, 3.05) is 13.6 Å². The fourth-order valence-electron chi connectivity index (χ4n) is 1.98.